The second kappa shape index (κ2) is 7.62. The lowest BCUT2D eigenvalue weighted by Gasteiger charge is -2.25. The number of piperidine rings is 1. The van der Waals surface area contributed by atoms with E-state index in [2.05, 4.69) is 29.5 Å². The minimum atomic E-state index is 0. The highest BCUT2D eigenvalue weighted by Crippen LogP contribution is 2.29. The number of rotatable bonds is 5. The summed E-state index contributed by atoms with van der Waals surface area (Å²) in [6.45, 7) is 9.12. The van der Waals surface area contributed by atoms with Crippen molar-refractivity contribution in [1.82, 2.24) is 25.2 Å². The van der Waals surface area contributed by atoms with E-state index < -0.39 is 0 Å². The summed E-state index contributed by atoms with van der Waals surface area (Å²) in [6.07, 6.45) is 4.35. The zero-order valence-corrected chi connectivity index (χ0v) is 15.1. The van der Waals surface area contributed by atoms with Crippen LogP contribution in [-0.2, 0) is 0 Å². The van der Waals surface area contributed by atoms with Gasteiger partial charge in [0.1, 0.15) is 0 Å². The van der Waals surface area contributed by atoms with Crippen LogP contribution in [0.1, 0.15) is 61.8 Å². The van der Waals surface area contributed by atoms with E-state index in [0.717, 1.165) is 51.0 Å². The summed E-state index contributed by atoms with van der Waals surface area (Å²) < 4.78 is 1.97. The molecule has 2 aliphatic rings. The standard InChI is InChI=1S/C16H27N5O.ClH/c1-11(2)10-20(13-4-5-13)16(22)15-12(3)21(19-18-15)14-6-8-17-9-7-14;/h11,13-14,17H,4-10H2,1-3H3;1H. The van der Waals surface area contributed by atoms with E-state index >= 15 is 0 Å². The Labute approximate surface area is 144 Å². The van der Waals surface area contributed by atoms with Crippen molar-refractivity contribution in [1.29, 1.82) is 0 Å². The van der Waals surface area contributed by atoms with Gasteiger partial charge in [-0.25, -0.2) is 4.68 Å². The fraction of sp³-hybridized carbons (Fsp3) is 0.812. The average Bonchev–Trinajstić information content (AvgIpc) is 3.27. The highest BCUT2D eigenvalue weighted by Gasteiger charge is 2.35. The Morgan fingerprint density at radius 3 is 2.52 bits per heavy atom. The molecule has 6 nitrogen and oxygen atoms in total. The lowest BCUT2D eigenvalue weighted by atomic mass is 10.1. The number of carbonyl (C=O) groups excluding carboxylic acids is 1. The fourth-order valence-corrected chi connectivity index (χ4v) is 3.25. The first kappa shape index (κ1) is 18.2. The first-order valence-electron chi connectivity index (χ1n) is 8.51. The Morgan fingerprint density at radius 2 is 1.96 bits per heavy atom. The van der Waals surface area contributed by atoms with Gasteiger partial charge in [0.25, 0.3) is 5.91 Å². The van der Waals surface area contributed by atoms with E-state index in [1.54, 1.807) is 0 Å². The fourth-order valence-electron chi connectivity index (χ4n) is 3.25. The van der Waals surface area contributed by atoms with Gasteiger partial charge < -0.3 is 10.2 Å². The number of hydrogen-bond donors (Lipinski definition) is 1. The Morgan fingerprint density at radius 1 is 1.30 bits per heavy atom. The topological polar surface area (TPSA) is 63.1 Å². The number of carbonyl (C=O) groups is 1. The highest BCUT2D eigenvalue weighted by atomic mass is 35.5. The monoisotopic (exact) mass is 341 g/mol. The van der Waals surface area contributed by atoms with Crippen molar-refractivity contribution in [3.05, 3.63) is 11.4 Å². The molecule has 3 rings (SSSR count). The van der Waals surface area contributed by atoms with Gasteiger partial charge in [0.15, 0.2) is 5.69 Å². The number of nitrogens with one attached hydrogen (secondary N) is 1. The van der Waals surface area contributed by atoms with E-state index in [-0.39, 0.29) is 18.3 Å². The molecule has 1 amide bonds. The summed E-state index contributed by atoms with van der Waals surface area (Å²) in [4.78, 5) is 14.9. The van der Waals surface area contributed by atoms with Crippen molar-refractivity contribution in [2.45, 2.75) is 58.5 Å². The second-order valence-electron chi connectivity index (χ2n) is 7.03. The van der Waals surface area contributed by atoms with Crippen LogP contribution in [-0.4, -0.2) is 51.5 Å². The van der Waals surface area contributed by atoms with Crippen molar-refractivity contribution in [2.24, 2.45) is 5.92 Å². The molecule has 1 saturated heterocycles. The molecule has 0 aromatic carbocycles. The van der Waals surface area contributed by atoms with Gasteiger partial charge in [-0.15, -0.1) is 17.5 Å². The molecule has 23 heavy (non-hydrogen) atoms. The first-order valence-corrected chi connectivity index (χ1v) is 8.51. The van der Waals surface area contributed by atoms with Gasteiger partial charge in [0.2, 0.25) is 0 Å². The third-order valence-electron chi connectivity index (χ3n) is 4.59. The molecule has 1 aliphatic heterocycles. The van der Waals surface area contributed by atoms with Crippen LogP contribution in [0, 0.1) is 12.8 Å². The zero-order valence-electron chi connectivity index (χ0n) is 14.3. The molecule has 0 spiro atoms. The van der Waals surface area contributed by atoms with Gasteiger partial charge >= 0.3 is 0 Å². The lowest BCUT2D eigenvalue weighted by Crippen LogP contribution is -2.36. The minimum absolute atomic E-state index is 0. The molecule has 1 aromatic rings. The third-order valence-corrected chi connectivity index (χ3v) is 4.59. The maximum Gasteiger partial charge on any atom is 0.276 e. The van der Waals surface area contributed by atoms with E-state index in [4.69, 9.17) is 0 Å². The van der Waals surface area contributed by atoms with Crippen LogP contribution in [0.3, 0.4) is 0 Å². The average molecular weight is 342 g/mol. The van der Waals surface area contributed by atoms with Crippen LogP contribution in [0.15, 0.2) is 0 Å². The number of nitrogens with zero attached hydrogens (tertiary/aromatic N) is 4. The number of aromatic nitrogens is 3. The molecular formula is C16H28ClN5O. The smallest absolute Gasteiger partial charge is 0.276 e. The van der Waals surface area contributed by atoms with Gasteiger partial charge in [-0.2, -0.15) is 0 Å². The third kappa shape index (κ3) is 4.04. The molecule has 0 bridgehead atoms. The molecule has 1 N–H and O–H groups in total. The van der Waals surface area contributed by atoms with Gasteiger partial charge in [-0.3, -0.25) is 4.79 Å². The predicted octanol–water partition coefficient (Wildman–Crippen LogP) is 2.19. The van der Waals surface area contributed by atoms with Gasteiger partial charge in [-0.05, 0) is 51.6 Å². The van der Waals surface area contributed by atoms with Crippen molar-refractivity contribution in [3.8, 4) is 0 Å². The number of hydrogen-bond acceptors (Lipinski definition) is 4. The van der Waals surface area contributed by atoms with E-state index in [9.17, 15) is 4.79 Å². The number of amides is 1. The second-order valence-corrected chi connectivity index (χ2v) is 7.03. The summed E-state index contributed by atoms with van der Waals surface area (Å²) in [6, 6.07) is 0.785. The van der Waals surface area contributed by atoms with Crippen LogP contribution in [0.2, 0.25) is 0 Å². The largest absolute Gasteiger partial charge is 0.334 e. The van der Waals surface area contributed by atoms with Crippen molar-refractivity contribution in [3.63, 3.8) is 0 Å². The Balaban J connectivity index is 0.00000192. The molecule has 2 heterocycles. The maximum absolute atomic E-state index is 12.9. The van der Waals surface area contributed by atoms with Crippen LogP contribution in [0.5, 0.6) is 0 Å². The van der Waals surface area contributed by atoms with Gasteiger partial charge in [0.05, 0.1) is 11.7 Å². The molecule has 0 unspecified atom stereocenters. The Kier molecular flexibility index (Phi) is 6.03. The Bertz CT molecular complexity index is 535. The summed E-state index contributed by atoms with van der Waals surface area (Å²) in [5.74, 6) is 0.540. The molecule has 1 saturated carbocycles. The molecule has 1 aromatic heterocycles. The highest BCUT2D eigenvalue weighted by molar-refractivity contribution is 5.93. The quantitative estimate of drug-likeness (QED) is 0.891. The molecule has 0 atom stereocenters. The van der Waals surface area contributed by atoms with E-state index in [0.29, 0.717) is 23.7 Å². The maximum atomic E-state index is 12.9. The van der Waals surface area contributed by atoms with Crippen molar-refractivity contribution >= 4 is 18.3 Å². The summed E-state index contributed by atoms with van der Waals surface area (Å²) in [5.41, 5.74) is 1.47. The SMILES string of the molecule is Cc1c(C(=O)N(CC(C)C)C2CC2)nnn1C1CCNCC1.Cl. The number of halogens is 1. The molecule has 0 radical (unpaired) electrons. The summed E-state index contributed by atoms with van der Waals surface area (Å²) in [5, 5.41) is 11.9. The van der Waals surface area contributed by atoms with Crippen LogP contribution in [0.25, 0.3) is 0 Å². The van der Waals surface area contributed by atoms with Crippen LogP contribution < -0.4 is 5.32 Å². The molecular weight excluding hydrogens is 314 g/mol. The van der Waals surface area contributed by atoms with E-state index in [1.807, 2.05) is 16.5 Å². The van der Waals surface area contributed by atoms with Crippen molar-refractivity contribution < 1.29 is 4.79 Å². The molecule has 130 valence electrons. The zero-order chi connectivity index (χ0) is 15.7. The van der Waals surface area contributed by atoms with Crippen LogP contribution in [0.4, 0.5) is 0 Å². The normalized spacial score (nSPS) is 18.8. The molecule has 7 heteroatoms. The predicted molar refractivity (Wildman–Crippen MR) is 92.0 cm³/mol. The first-order chi connectivity index (χ1) is 10.6. The summed E-state index contributed by atoms with van der Waals surface area (Å²) in [7, 11) is 0. The van der Waals surface area contributed by atoms with Gasteiger partial charge in [-0.1, -0.05) is 19.1 Å². The minimum Gasteiger partial charge on any atom is -0.334 e. The summed E-state index contributed by atoms with van der Waals surface area (Å²) >= 11 is 0. The molecule has 2 fully saturated rings. The van der Waals surface area contributed by atoms with Crippen LogP contribution >= 0.6 is 12.4 Å². The van der Waals surface area contributed by atoms with Gasteiger partial charge in [0, 0.05) is 12.6 Å². The Hall–Kier alpha value is -1.14. The molecule has 1 aliphatic carbocycles. The van der Waals surface area contributed by atoms with E-state index in [1.165, 1.54) is 0 Å². The lowest BCUT2D eigenvalue weighted by molar-refractivity contribution is 0.0715. The van der Waals surface area contributed by atoms with Crippen molar-refractivity contribution in [2.75, 3.05) is 19.6 Å².